The molecular formula is C39H24ClN3. The molecule has 202 valence electrons. The lowest BCUT2D eigenvalue weighted by atomic mass is 9.93. The number of rotatable bonds is 4. The van der Waals surface area contributed by atoms with Gasteiger partial charge in [-0.3, -0.25) is 0 Å². The third-order valence-electron chi connectivity index (χ3n) is 8.04. The van der Waals surface area contributed by atoms with Crippen LogP contribution >= 0.6 is 11.6 Å². The second-order valence-corrected chi connectivity index (χ2v) is 11.0. The molecular weight excluding hydrogens is 546 g/mol. The van der Waals surface area contributed by atoms with Gasteiger partial charge in [0.05, 0.1) is 0 Å². The summed E-state index contributed by atoms with van der Waals surface area (Å²) in [6, 6.07) is 50.8. The average molecular weight is 570 g/mol. The molecule has 0 saturated carbocycles. The molecule has 0 fully saturated rings. The highest BCUT2D eigenvalue weighted by Crippen LogP contribution is 2.37. The Morgan fingerprint density at radius 2 is 0.907 bits per heavy atom. The summed E-state index contributed by atoms with van der Waals surface area (Å²) in [4.78, 5) is 14.1. The molecule has 4 heteroatoms. The minimum atomic E-state index is 0.166. The van der Waals surface area contributed by atoms with Crippen LogP contribution in [-0.4, -0.2) is 15.0 Å². The Balaban J connectivity index is 1.27. The van der Waals surface area contributed by atoms with Crippen LogP contribution in [0.2, 0.25) is 5.28 Å². The van der Waals surface area contributed by atoms with Crippen molar-refractivity contribution in [3.05, 3.63) is 151 Å². The van der Waals surface area contributed by atoms with Crippen molar-refractivity contribution in [3.63, 3.8) is 0 Å². The summed E-state index contributed by atoms with van der Waals surface area (Å²) in [6.07, 6.45) is 0. The predicted octanol–water partition coefficient (Wildman–Crippen LogP) is 10.7. The van der Waals surface area contributed by atoms with Crippen molar-refractivity contribution in [3.8, 4) is 45.0 Å². The fraction of sp³-hybridized carbons (Fsp3) is 0. The quantitative estimate of drug-likeness (QED) is 0.211. The van der Waals surface area contributed by atoms with Crippen molar-refractivity contribution in [2.45, 2.75) is 0 Å². The molecule has 0 amide bonds. The SMILES string of the molecule is Clc1nc(-c2ccc3c(-c4cccc5ccccc45)cccc3c2)nc(-c2cc(-c3ccccc3)cc3ccccc23)n1. The molecule has 0 bridgehead atoms. The van der Waals surface area contributed by atoms with Crippen LogP contribution in [0.15, 0.2) is 146 Å². The Morgan fingerprint density at radius 1 is 0.349 bits per heavy atom. The number of hydrogen-bond acceptors (Lipinski definition) is 3. The van der Waals surface area contributed by atoms with E-state index in [9.17, 15) is 0 Å². The molecule has 0 aliphatic heterocycles. The summed E-state index contributed by atoms with van der Waals surface area (Å²) in [6.45, 7) is 0. The molecule has 8 rings (SSSR count). The van der Waals surface area contributed by atoms with Gasteiger partial charge < -0.3 is 0 Å². The molecule has 43 heavy (non-hydrogen) atoms. The average Bonchev–Trinajstić information content (AvgIpc) is 3.07. The van der Waals surface area contributed by atoms with Gasteiger partial charge in [0.15, 0.2) is 11.6 Å². The van der Waals surface area contributed by atoms with Gasteiger partial charge in [-0.05, 0) is 84.4 Å². The van der Waals surface area contributed by atoms with Gasteiger partial charge in [-0.2, -0.15) is 9.97 Å². The van der Waals surface area contributed by atoms with Crippen molar-refractivity contribution < 1.29 is 0 Å². The second-order valence-electron chi connectivity index (χ2n) is 10.6. The molecule has 1 heterocycles. The third-order valence-corrected chi connectivity index (χ3v) is 8.21. The summed E-state index contributed by atoms with van der Waals surface area (Å²) in [5.41, 5.74) is 6.44. The molecule has 0 radical (unpaired) electrons. The molecule has 0 aliphatic rings. The number of hydrogen-bond donors (Lipinski definition) is 0. The normalized spacial score (nSPS) is 11.4. The molecule has 0 aliphatic carbocycles. The molecule has 0 atom stereocenters. The van der Waals surface area contributed by atoms with Gasteiger partial charge in [0.25, 0.3) is 0 Å². The maximum Gasteiger partial charge on any atom is 0.226 e. The highest BCUT2D eigenvalue weighted by molar-refractivity contribution is 6.28. The topological polar surface area (TPSA) is 38.7 Å². The monoisotopic (exact) mass is 569 g/mol. The van der Waals surface area contributed by atoms with E-state index >= 15 is 0 Å². The lowest BCUT2D eigenvalue weighted by molar-refractivity contribution is 1.07. The summed E-state index contributed by atoms with van der Waals surface area (Å²) < 4.78 is 0. The maximum atomic E-state index is 6.57. The molecule has 0 saturated heterocycles. The Bertz CT molecular complexity index is 2310. The zero-order chi connectivity index (χ0) is 28.8. The van der Waals surface area contributed by atoms with Crippen LogP contribution in [0.5, 0.6) is 0 Å². The summed E-state index contributed by atoms with van der Waals surface area (Å²) in [5.74, 6) is 1.09. The zero-order valence-electron chi connectivity index (χ0n) is 23.1. The lowest BCUT2D eigenvalue weighted by Gasteiger charge is -2.13. The molecule has 1 aromatic heterocycles. The smallest absolute Gasteiger partial charge is 0.208 e. The molecule has 8 aromatic rings. The Labute approximate surface area is 254 Å². The van der Waals surface area contributed by atoms with Gasteiger partial charge in [-0.15, -0.1) is 0 Å². The maximum absolute atomic E-state index is 6.57. The first kappa shape index (κ1) is 25.3. The van der Waals surface area contributed by atoms with E-state index < -0.39 is 0 Å². The van der Waals surface area contributed by atoms with Gasteiger partial charge in [0.2, 0.25) is 5.28 Å². The van der Waals surface area contributed by atoms with Crippen LogP contribution in [0, 0.1) is 0 Å². The van der Waals surface area contributed by atoms with E-state index in [0.717, 1.165) is 38.4 Å². The number of aromatic nitrogens is 3. The summed E-state index contributed by atoms with van der Waals surface area (Å²) >= 11 is 6.57. The lowest BCUT2D eigenvalue weighted by Crippen LogP contribution is -1.98. The van der Waals surface area contributed by atoms with Crippen molar-refractivity contribution in [2.75, 3.05) is 0 Å². The van der Waals surface area contributed by atoms with Gasteiger partial charge in [0.1, 0.15) is 0 Å². The van der Waals surface area contributed by atoms with E-state index in [1.54, 1.807) is 0 Å². The summed E-state index contributed by atoms with van der Waals surface area (Å²) in [5, 5.41) is 7.09. The second kappa shape index (κ2) is 10.5. The Morgan fingerprint density at radius 3 is 1.67 bits per heavy atom. The van der Waals surface area contributed by atoms with Crippen molar-refractivity contribution in [1.82, 2.24) is 15.0 Å². The highest BCUT2D eigenvalue weighted by atomic mass is 35.5. The van der Waals surface area contributed by atoms with Crippen LogP contribution < -0.4 is 0 Å². The standard InChI is InChI=1S/C39H24ClN3/c40-39-42-37(41-38(43-39)36-24-30(25-10-2-1-3-11-25)23-27-13-5-7-17-32(27)36)29-20-21-33-28(22-29)15-9-19-35(33)34-18-8-14-26-12-4-6-16-31(26)34/h1-24H. The van der Waals surface area contributed by atoms with E-state index in [-0.39, 0.29) is 5.28 Å². The predicted molar refractivity (Wildman–Crippen MR) is 179 cm³/mol. The first-order chi connectivity index (χ1) is 21.2. The van der Waals surface area contributed by atoms with Crippen LogP contribution in [0.3, 0.4) is 0 Å². The first-order valence-electron chi connectivity index (χ1n) is 14.2. The fourth-order valence-corrected chi connectivity index (χ4v) is 6.17. The number of benzene rings is 7. The summed E-state index contributed by atoms with van der Waals surface area (Å²) in [7, 11) is 0. The zero-order valence-corrected chi connectivity index (χ0v) is 23.8. The van der Waals surface area contributed by atoms with Crippen LogP contribution in [0.4, 0.5) is 0 Å². The van der Waals surface area contributed by atoms with Crippen LogP contribution in [-0.2, 0) is 0 Å². The highest BCUT2D eigenvalue weighted by Gasteiger charge is 2.15. The van der Waals surface area contributed by atoms with E-state index in [2.05, 4.69) is 125 Å². The van der Waals surface area contributed by atoms with Gasteiger partial charge in [-0.25, -0.2) is 4.98 Å². The van der Waals surface area contributed by atoms with E-state index in [1.165, 1.54) is 27.3 Å². The Kier molecular flexibility index (Phi) is 6.17. The molecule has 3 nitrogen and oxygen atoms in total. The van der Waals surface area contributed by atoms with Crippen molar-refractivity contribution in [1.29, 1.82) is 0 Å². The Hall–Kier alpha value is -5.38. The van der Waals surface area contributed by atoms with E-state index in [1.807, 2.05) is 30.3 Å². The van der Waals surface area contributed by atoms with Crippen molar-refractivity contribution in [2.24, 2.45) is 0 Å². The van der Waals surface area contributed by atoms with Gasteiger partial charge >= 0.3 is 0 Å². The number of halogens is 1. The number of fused-ring (bicyclic) bond motifs is 3. The first-order valence-corrected chi connectivity index (χ1v) is 14.6. The largest absolute Gasteiger partial charge is 0.226 e. The minimum Gasteiger partial charge on any atom is -0.208 e. The van der Waals surface area contributed by atoms with Crippen LogP contribution in [0.25, 0.3) is 77.3 Å². The molecule has 0 spiro atoms. The minimum absolute atomic E-state index is 0.166. The van der Waals surface area contributed by atoms with Gasteiger partial charge in [-0.1, -0.05) is 127 Å². The van der Waals surface area contributed by atoms with E-state index in [0.29, 0.717) is 11.6 Å². The van der Waals surface area contributed by atoms with Crippen LogP contribution in [0.1, 0.15) is 0 Å². The van der Waals surface area contributed by atoms with E-state index in [4.69, 9.17) is 16.6 Å². The van der Waals surface area contributed by atoms with Gasteiger partial charge in [0, 0.05) is 11.1 Å². The number of nitrogens with zero attached hydrogens (tertiary/aromatic N) is 3. The van der Waals surface area contributed by atoms with Crippen molar-refractivity contribution >= 4 is 43.9 Å². The third kappa shape index (κ3) is 4.61. The molecule has 0 N–H and O–H groups in total. The fourth-order valence-electron chi connectivity index (χ4n) is 6.01. The molecule has 7 aromatic carbocycles. The molecule has 0 unspecified atom stereocenters.